The fraction of sp³-hybridized carbons (Fsp3) is 0.0556. The lowest BCUT2D eigenvalue weighted by Crippen LogP contribution is -2.13. The van der Waals surface area contributed by atoms with Gasteiger partial charge in [-0.2, -0.15) is 0 Å². The van der Waals surface area contributed by atoms with Crippen LogP contribution < -0.4 is 9.46 Å². The summed E-state index contributed by atoms with van der Waals surface area (Å²) < 4.78 is 38.0. The highest BCUT2D eigenvalue weighted by Crippen LogP contribution is 2.27. The number of carbonyl (C=O) groups is 1. The summed E-state index contributed by atoms with van der Waals surface area (Å²) in [5, 5.41) is 0. The van der Waals surface area contributed by atoms with E-state index in [1.54, 1.807) is 48.5 Å². The monoisotopic (exact) mass is 357 g/mol. The smallest absolute Gasteiger partial charge is 0.262 e. The number of sulfonamides is 1. The molecule has 0 atom stereocenters. The number of para-hydroxylation sites is 2. The minimum absolute atomic E-state index is 0.101. The average molecular weight is 357 g/mol. The maximum absolute atomic E-state index is 12.5. The summed E-state index contributed by atoms with van der Waals surface area (Å²) in [6, 6.07) is 16.1. The molecule has 6 nitrogen and oxygen atoms in total. The molecule has 0 aliphatic carbocycles. The highest BCUT2D eigenvalue weighted by Gasteiger charge is 2.16. The number of anilines is 1. The van der Waals surface area contributed by atoms with Crippen LogP contribution in [0.2, 0.25) is 0 Å². The number of nitrogens with one attached hydrogen (secondary N) is 1. The van der Waals surface area contributed by atoms with Gasteiger partial charge in [-0.1, -0.05) is 12.1 Å². The zero-order valence-corrected chi connectivity index (χ0v) is 14.1. The van der Waals surface area contributed by atoms with Gasteiger partial charge in [-0.25, -0.2) is 8.42 Å². The van der Waals surface area contributed by atoms with Crippen LogP contribution >= 0.6 is 0 Å². The lowest BCUT2D eigenvalue weighted by atomic mass is 10.2. The molecule has 0 radical (unpaired) electrons. The number of hydrogen-bond donors (Lipinski definition) is 1. The van der Waals surface area contributed by atoms with Crippen molar-refractivity contribution in [2.45, 2.75) is 4.90 Å². The highest BCUT2D eigenvalue weighted by molar-refractivity contribution is 7.92. The fourth-order valence-corrected chi connectivity index (χ4v) is 3.37. The molecule has 2 aromatic carbocycles. The Morgan fingerprint density at radius 2 is 1.72 bits per heavy atom. The van der Waals surface area contributed by atoms with E-state index in [0.717, 1.165) is 0 Å². The molecular formula is C18H15NO5S. The van der Waals surface area contributed by atoms with E-state index in [-0.39, 0.29) is 10.7 Å². The van der Waals surface area contributed by atoms with E-state index in [2.05, 4.69) is 4.72 Å². The molecule has 0 spiro atoms. The van der Waals surface area contributed by atoms with Crippen molar-refractivity contribution >= 4 is 22.0 Å². The van der Waals surface area contributed by atoms with Gasteiger partial charge >= 0.3 is 0 Å². The van der Waals surface area contributed by atoms with Crippen LogP contribution in [-0.4, -0.2) is 21.8 Å². The van der Waals surface area contributed by atoms with Crippen molar-refractivity contribution < 1.29 is 22.4 Å². The van der Waals surface area contributed by atoms with Gasteiger partial charge in [0.05, 0.1) is 17.7 Å². The first kappa shape index (κ1) is 16.8. The maximum atomic E-state index is 12.5. The molecule has 0 saturated carbocycles. The SMILES string of the molecule is COc1ccccc1NS(=O)(=O)c1ccc(-c2ccc(C=O)o2)cc1. The van der Waals surface area contributed by atoms with Crippen LogP contribution in [0.1, 0.15) is 10.6 Å². The standard InChI is InChI=1S/C18H15NO5S/c1-23-18-5-3-2-4-16(18)19-25(21,22)15-9-6-13(7-10-15)17-11-8-14(12-20)24-17/h2-12,19H,1H3. The summed E-state index contributed by atoms with van der Waals surface area (Å²) in [4.78, 5) is 10.8. The number of aldehydes is 1. The maximum Gasteiger partial charge on any atom is 0.262 e. The van der Waals surface area contributed by atoms with E-state index >= 15 is 0 Å². The van der Waals surface area contributed by atoms with Gasteiger partial charge in [0.2, 0.25) is 0 Å². The molecule has 1 aromatic heterocycles. The van der Waals surface area contributed by atoms with Crippen molar-refractivity contribution in [1.29, 1.82) is 0 Å². The lowest BCUT2D eigenvalue weighted by Gasteiger charge is -2.11. The second-order valence-corrected chi connectivity index (χ2v) is 6.83. The number of carbonyl (C=O) groups excluding carboxylic acids is 1. The van der Waals surface area contributed by atoms with Crippen LogP contribution in [0, 0.1) is 0 Å². The molecule has 0 saturated heterocycles. The Balaban J connectivity index is 1.86. The predicted molar refractivity (Wildman–Crippen MR) is 93.3 cm³/mol. The van der Waals surface area contributed by atoms with E-state index in [1.807, 2.05) is 0 Å². The first-order valence-corrected chi connectivity index (χ1v) is 8.83. The van der Waals surface area contributed by atoms with Gasteiger partial charge in [0.15, 0.2) is 12.0 Å². The Labute approximate surface area is 145 Å². The van der Waals surface area contributed by atoms with Crippen LogP contribution in [0.15, 0.2) is 70.0 Å². The van der Waals surface area contributed by atoms with E-state index < -0.39 is 10.0 Å². The van der Waals surface area contributed by atoms with Gasteiger partial charge in [0.25, 0.3) is 10.0 Å². The third-order valence-corrected chi connectivity index (χ3v) is 4.92. The molecule has 0 aliphatic rings. The van der Waals surface area contributed by atoms with Crippen LogP contribution in [-0.2, 0) is 10.0 Å². The number of hydrogen-bond acceptors (Lipinski definition) is 5. The molecule has 7 heteroatoms. The minimum Gasteiger partial charge on any atom is -0.495 e. The summed E-state index contributed by atoms with van der Waals surface area (Å²) in [6.45, 7) is 0. The Morgan fingerprint density at radius 1 is 1.00 bits per heavy atom. The molecule has 0 unspecified atom stereocenters. The van der Waals surface area contributed by atoms with Gasteiger partial charge in [0, 0.05) is 5.56 Å². The minimum atomic E-state index is -3.76. The van der Waals surface area contributed by atoms with Crippen molar-refractivity contribution in [1.82, 2.24) is 0 Å². The largest absolute Gasteiger partial charge is 0.495 e. The summed E-state index contributed by atoms with van der Waals surface area (Å²) >= 11 is 0. The molecule has 0 fully saturated rings. The molecule has 0 aliphatic heterocycles. The van der Waals surface area contributed by atoms with Gasteiger partial charge in [-0.05, 0) is 48.5 Å². The van der Waals surface area contributed by atoms with E-state index in [9.17, 15) is 13.2 Å². The molecule has 0 amide bonds. The third kappa shape index (κ3) is 3.56. The number of benzene rings is 2. The van der Waals surface area contributed by atoms with Gasteiger partial charge in [-0.3, -0.25) is 9.52 Å². The van der Waals surface area contributed by atoms with Crippen molar-refractivity contribution in [3.8, 4) is 17.1 Å². The van der Waals surface area contributed by atoms with E-state index in [1.165, 1.54) is 19.2 Å². The third-order valence-electron chi connectivity index (χ3n) is 3.54. The Bertz CT molecular complexity index is 990. The van der Waals surface area contributed by atoms with Crippen LogP contribution in [0.4, 0.5) is 5.69 Å². The second kappa shape index (κ2) is 6.82. The molecule has 128 valence electrons. The zero-order valence-electron chi connectivity index (χ0n) is 13.3. The number of methoxy groups -OCH3 is 1. The Hall–Kier alpha value is -3.06. The molecule has 0 bridgehead atoms. The summed E-state index contributed by atoms with van der Waals surface area (Å²) in [5.74, 6) is 1.13. The van der Waals surface area contributed by atoms with E-state index in [0.29, 0.717) is 29.0 Å². The van der Waals surface area contributed by atoms with Crippen LogP contribution in [0.5, 0.6) is 5.75 Å². The van der Waals surface area contributed by atoms with Crippen molar-refractivity contribution in [2.24, 2.45) is 0 Å². The van der Waals surface area contributed by atoms with Crippen LogP contribution in [0.3, 0.4) is 0 Å². The van der Waals surface area contributed by atoms with E-state index in [4.69, 9.17) is 9.15 Å². The molecule has 3 rings (SSSR count). The van der Waals surface area contributed by atoms with Crippen molar-refractivity contribution in [2.75, 3.05) is 11.8 Å². The van der Waals surface area contributed by atoms with Gasteiger partial charge < -0.3 is 9.15 Å². The number of rotatable bonds is 6. The normalized spacial score (nSPS) is 11.1. The van der Waals surface area contributed by atoms with Crippen molar-refractivity contribution in [3.63, 3.8) is 0 Å². The van der Waals surface area contributed by atoms with Crippen molar-refractivity contribution in [3.05, 3.63) is 66.4 Å². The fourth-order valence-electron chi connectivity index (χ4n) is 2.30. The summed E-state index contributed by atoms with van der Waals surface area (Å²) in [6.07, 6.45) is 0.611. The topological polar surface area (TPSA) is 85.6 Å². The molecule has 3 aromatic rings. The predicted octanol–water partition coefficient (Wildman–Crippen LogP) is 3.57. The van der Waals surface area contributed by atoms with Crippen LogP contribution in [0.25, 0.3) is 11.3 Å². The Kier molecular flexibility index (Phi) is 4.58. The van der Waals surface area contributed by atoms with Gasteiger partial charge in [0.1, 0.15) is 11.5 Å². The molecule has 1 N–H and O–H groups in total. The first-order chi connectivity index (χ1) is 12.0. The summed E-state index contributed by atoms with van der Waals surface area (Å²) in [5.41, 5.74) is 1.03. The first-order valence-electron chi connectivity index (χ1n) is 7.35. The van der Waals surface area contributed by atoms with Gasteiger partial charge in [-0.15, -0.1) is 0 Å². The Morgan fingerprint density at radius 3 is 2.36 bits per heavy atom. The lowest BCUT2D eigenvalue weighted by molar-refractivity contribution is 0.110. The molecule has 1 heterocycles. The molecule has 25 heavy (non-hydrogen) atoms. The average Bonchev–Trinajstić information content (AvgIpc) is 3.11. The number of ether oxygens (including phenoxy) is 1. The molecular weight excluding hydrogens is 342 g/mol. The summed E-state index contributed by atoms with van der Waals surface area (Å²) in [7, 11) is -2.29. The number of furan rings is 1. The second-order valence-electron chi connectivity index (χ2n) is 5.15. The quantitative estimate of drug-likeness (QED) is 0.682. The zero-order chi connectivity index (χ0) is 17.9. The highest BCUT2D eigenvalue weighted by atomic mass is 32.2.